The van der Waals surface area contributed by atoms with Crippen LogP contribution in [0.4, 0.5) is 10.5 Å². The molecule has 0 radical (unpaired) electrons. The molecule has 5 heteroatoms. The van der Waals surface area contributed by atoms with Crippen LogP contribution in [0.25, 0.3) is 0 Å². The SMILES string of the molecule is NC(=O)Nc1cc(Br)ccc1Cl. The van der Waals surface area contributed by atoms with Gasteiger partial charge in [0.2, 0.25) is 0 Å². The van der Waals surface area contributed by atoms with Crippen molar-refractivity contribution in [3.63, 3.8) is 0 Å². The van der Waals surface area contributed by atoms with Gasteiger partial charge in [-0.25, -0.2) is 4.79 Å². The molecule has 0 unspecified atom stereocenters. The first-order valence-electron chi connectivity index (χ1n) is 3.11. The van der Waals surface area contributed by atoms with Crippen molar-refractivity contribution in [3.8, 4) is 0 Å². The molecule has 0 saturated carbocycles. The van der Waals surface area contributed by atoms with Gasteiger partial charge < -0.3 is 11.1 Å². The highest BCUT2D eigenvalue weighted by Crippen LogP contribution is 2.25. The molecule has 0 aliphatic heterocycles. The van der Waals surface area contributed by atoms with Gasteiger partial charge in [-0.3, -0.25) is 0 Å². The molecule has 3 N–H and O–H groups in total. The van der Waals surface area contributed by atoms with E-state index in [2.05, 4.69) is 21.2 Å². The second kappa shape index (κ2) is 3.78. The Kier molecular flexibility index (Phi) is 2.94. The van der Waals surface area contributed by atoms with E-state index in [9.17, 15) is 4.79 Å². The van der Waals surface area contributed by atoms with Crippen LogP contribution in [0.5, 0.6) is 0 Å². The van der Waals surface area contributed by atoms with Crippen LogP contribution in [0.1, 0.15) is 0 Å². The number of benzene rings is 1. The number of hydrogen-bond acceptors (Lipinski definition) is 1. The Morgan fingerprint density at radius 1 is 1.58 bits per heavy atom. The summed E-state index contributed by atoms with van der Waals surface area (Å²) in [4.78, 5) is 10.5. The van der Waals surface area contributed by atoms with Crippen LogP contribution < -0.4 is 11.1 Å². The Morgan fingerprint density at radius 2 is 2.25 bits per heavy atom. The second-order valence-corrected chi connectivity index (χ2v) is 3.44. The van der Waals surface area contributed by atoms with Crippen molar-refractivity contribution in [2.24, 2.45) is 5.73 Å². The topological polar surface area (TPSA) is 55.1 Å². The summed E-state index contributed by atoms with van der Waals surface area (Å²) in [6, 6.07) is 4.48. The van der Waals surface area contributed by atoms with Crippen molar-refractivity contribution in [3.05, 3.63) is 27.7 Å². The maximum absolute atomic E-state index is 10.5. The third-order valence-electron chi connectivity index (χ3n) is 1.19. The lowest BCUT2D eigenvalue weighted by Crippen LogP contribution is -2.19. The lowest BCUT2D eigenvalue weighted by Gasteiger charge is -2.03. The number of carbonyl (C=O) groups excluding carboxylic acids is 1. The molecule has 0 saturated heterocycles. The van der Waals surface area contributed by atoms with Gasteiger partial charge in [0, 0.05) is 4.47 Å². The van der Waals surface area contributed by atoms with E-state index in [4.69, 9.17) is 17.3 Å². The average molecular weight is 249 g/mol. The Hall–Kier alpha value is -0.740. The van der Waals surface area contributed by atoms with Crippen molar-refractivity contribution < 1.29 is 4.79 Å². The van der Waals surface area contributed by atoms with E-state index in [0.29, 0.717) is 10.7 Å². The summed E-state index contributed by atoms with van der Waals surface area (Å²) in [6.07, 6.45) is 0. The summed E-state index contributed by atoms with van der Waals surface area (Å²) >= 11 is 8.98. The second-order valence-electron chi connectivity index (χ2n) is 2.11. The molecule has 2 amide bonds. The Bertz CT molecular complexity index is 316. The van der Waals surface area contributed by atoms with Crippen molar-refractivity contribution >= 4 is 39.2 Å². The van der Waals surface area contributed by atoms with Crippen LogP contribution in [0.15, 0.2) is 22.7 Å². The van der Waals surface area contributed by atoms with E-state index in [0.717, 1.165) is 4.47 Å². The summed E-state index contributed by atoms with van der Waals surface area (Å²) < 4.78 is 0.829. The van der Waals surface area contributed by atoms with Gasteiger partial charge in [-0.05, 0) is 18.2 Å². The zero-order valence-corrected chi connectivity index (χ0v) is 8.32. The highest BCUT2D eigenvalue weighted by atomic mass is 79.9. The Labute approximate surface area is 83.0 Å². The number of carbonyl (C=O) groups is 1. The van der Waals surface area contributed by atoms with Gasteiger partial charge in [-0.2, -0.15) is 0 Å². The summed E-state index contributed by atoms with van der Waals surface area (Å²) in [5, 5.41) is 2.85. The molecule has 12 heavy (non-hydrogen) atoms. The van der Waals surface area contributed by atoms with Crippen molar-refractivity contribution in [2.75, 3.05) is 5.32 Å². The predicted molar refractivity (Wildman–Crippen MR) is 52.4 cm³/mol. The Morgan fingerprint density at radius 3 is 2.83 bits per heavy atom. The number of rotatable bonds is 1. The van der Waals surface area contributed by atoms with Crippen molar-refractivity contribution in [2.45, 2.75) is 0 Å². The van der Waals surface area contributed by atoms with E-state index in [1.807, 2.05) is 0 Å². The number of urea groups is 1. The van der Waals surface area contributed by atoms with Crippen LogP contribution in [0.2, 0.25) is 5.02 Å². The van der Waals surface area contributed by atoms with Gasteiger partial charge in [0.1, 0.15) is 0 Å². The molecule has 0 bridgehead atoms. The summed E-state index contributed by atoms with van der Waals surface area (Å²) in [7, 11) is 0. The van der Waals surface area contributed by atoms with Gasteiger partial charge >= 0.3 is 6.03 Å². The molecule has 1 aromatic carbocycles. The zero-order valence-electron chi connectivity index (χ0n) is 5.97. The number of nitrogens with one attached hydrogen (secondary N) is 1. The van der Waals surface area contributed by atoms with Crippen LogP contribution in [-0.4, -0.2) is 6.03 Å². The van der Waals surface area contributed by atoms with E-state index < -0.39 is 6.03 Å². The molecule has 3 nitrogen and oxygen atoms in total. The summed E-state index contributed by atoms with van der Waals surface area (Å²) in [5.41, 5.74) is 5.42. The monoisotopic (exact) mass is 248 g/mol. The predicted octanol–water partition coefficient (Wildman–Crippen LogP) is 2.59. The fourth-order valence-electron chi connectivity index (χ4n) is 0.726. The highest BCUT2D eigenvalue weighted by molar-refractivity contribution is 9.10. The van der Waals surface area contributed by atoms with Crippen molar-refractivity contribution in [1.29, 1.82) is 0 Å². The van der Waals surface area contributed by atoms with Gasteiger partial charge in [0.05, 0.1) is 10.7 Å². The molecular weight excluding hydrogens is 243 g/mol. The minimum Gasteiger partial charge on any atom is -0.351 e. The number of amides is 2. The third kappa shape index (κ3) is 2.39. The first-order valence-corrected chi connectivity index (χ1v) is 4.28. The number of nitrogens with two attached hydrogens (primary N) is 1. The molecule has 0 aromatic heterocycles. The van der Waals surface area contributed by atoms with Crippen LogP contribution in [0.3, 0.4) is 0 Å². The first kappa shape index (κ1) is 9.35. The normalized spacial score (nSPS) is 9.50. The zero-order chi connectivity index (χ0) is 9.14. The molecule has 0 heterocycles. The van der Waals surface area contributed by atoms with Crippen LogP contribution >= 0.6 is 27.5 Å². The molecule has 0 fully saturated rings. The van der Waals surface area contributed by atoms with Gasteiger partial charge in [0.25, 0.3) is 0 Å². The Balaban J connectivity index is 2.97. The molecular formula is C7H6BrClN2O. The fraction of sp³-hybridized carbons (Fsp3) is 0. The van der Waals surface area contributed by atoms with Crippen LogP contribution in [-0.2, 0) is 0 Å². The van der Waals surface area contributed by atoms with E-state index in [1.54, 1.807) is 18.2 Å². The molecule has 0 aliphatic carbocycles. The molecule has 0 spiro atoms. The highest BCUT2D eigenvalue weighted by Gasteiger charge is 2.01. The fourth-order valence-corrected chi connectivity index (χ4v) is 1.25. The lowest BCUT2D eigenvalue weighted by atomic mass is 10.3. The quantitative estimate of drug-likeness (QED) is 0.790. The molecule has 1 rings (SSSR count). The summed E-state index contributed by atoms with van der Waals surface area (Å²) in [6.45, 7) is 0. The molecule has 64 valence electrons. The lowest BCUT2D eigenvalue weighted by molar-refractivity contribution is 0.259. The van der Waals surface area contributed by atoms with Gasteiger partial charge in [0.15, 0.2) is 0 Å². The van der Waals surface area contributed by atoms with E-state index in [1.165, 1.54) is 0 Å². The minimum absolute atomic E-state index is 0.456. The minimum atomic E-state index is -0.630. The van der Waals surface area contributed by atoms with Crippen molar-refractivity contribution in [1.82, 2.24) is 0 Å². The average Bonchev–Trinajstić information content (AvgIpc) is 1.96. The maximum Gasteiger partial charge on any atom is 0.316 e. The van der Waals surface area contributed by atoms with E-state index >= 15 is 0 Å². The molecule has 0 atom stereocenters. The largest absolute Gasteiger partial charge is 0.351 e. The number of halogens is 2. The number of hydrogen-bond donors (Lipinski definition) is 2. The van der Waals surface area contributed by atoms with Crippen LogP contribution in [0, 0.1) is 0 Å². The third-order valence-corrected chi connectivity index (χ3v) is 2.01. The summed E-state index contributed by atoms with van der Waals surface area (Å²) in [5.74, 6) is 0. The first-order chi connectivity index (χ1) is 5.59. The van der Waals surface area contributed by atoms with Gasteiger partial charge in [-0.15, -0.1) is 0 Å². The van der Waals surface area contributed by atoms with Gasteiger partial charge in [-0.1, -0.05) is 27.5 Å². The molecule has 0 aliphatic rings. The van der Waals surface area contributed by atoms with E-state index in [-0.39, 0.29) is 0 Å². The standard InChI is InChI=1S/C7H6BrClN2O/c8-4-1-2-5(9)6(3-4)11-7(10)12/h1-3H,(H3,10,11,12). The smallest absolute Gasteiger partial charge is 0.316 e. The molecule has 1 aromatic rings. The number of primary amides is 1. The maximum atomic E-state index is 10.5. The number of anilines is 1.